The Balaban J connectivity index is 0.00000117. The van der Waals surface area contributed by atoms with Gasteiger partial charge in [0.05, 0.1) is 23.1 Å². The van der Waals surface area contributed by atoms with E-state index in [1.807, 2.05) is 26.0 Å². The van der Waals surface area contributed by atoms with Crippen LogP contribution in [0.5, 0.6) is 0 Å². The number of nitrogens with one attached hydrogen (secondary N) is 2. The Labute approximate surface area is 157 Å². The lowest BCUT2D eigenvalue weighted by molar-refractivity contribution is 0.102. The first-order valence-corrected chi connectivity index (χ1v) is 8.49. The van der Waals surface area contributed by atoms with Crippen molar-refractivity contribution >= 4 is 40.4 Å². The number of rotatable bonds is 4. The highest BCUT2D eigenvalue weighted by molar-refractivity contribution is 6.30. The fourth-order valence-corrected chi connectivity index (χ4v) is 2.15. The molecule has 0 fully saturated rings. The van der Waals surface area contributed by atoms with E-state index >= 15 is 0 Å². The largest absolute Gasteiger partial charge is 0.384 e. The molecule has 1 aromatic carbocycles. The lowest BCUT2D eigenvalue weighted by Crippen LogP contribution is -2.13. The van der Waals surface area contributed by atoms with Gasteiger partial charge >= 0.3 is 0 Å². The fourth-order valence-electron chi connectivity index (χ4n) is 2.03. The minimum Gasteiger partial charge on any atom is -0.384 e. The Bertz CT molecular complexity index is 851. The zero-order valence-corrected chi connectivity index (χ0v) is 15.3. The Kier molecular flexibility index (Phi) is 6.93. The van der Waals surface area contributed by atoms with Crippen LogP contribution in [0.3, 0.4) is 0 Å². The molecule has 2 heterocycles. The lowest BCUT2D eigenvalue weighted by atomic mass is 10.2. The third-order valence-corrected chi connectivity index (χ3v) is 3.49. The van der Waals surface area contributed by atoms with Gasteiger partial charge in [0.1, 0.15) is 5.82 Å². The van der Waals surface area contributed by atoms with Gasteiger partial charge in [0.25, 0.3) is 5.91 Å². The number of hydrogen-bond donors (Lipinski definition) is 3. The first kappa shape index (κ1) is 19.2. The predicted octanol–water partition coefficient (Wildman–Crippen LogP) is 4.73. The van der Waals surface area contributed by atoms with Gasteiger partial charge < -0.3 is 16.4 Å². The van der Waals surface area contributed by atoms with Crippen LogP contribution in [0.25, 0.3) is 0 Å². The van der Waals surface area contributed by atoms with E-state index in [1.54, 1.807) is 42.7 Å². The van der Waals surface area contributed by atoms with E-state index in [9.17, 15) is 4.79 Å². The summed E-state index contributed by atoms with van der Waals surface area (Å²) in [6.07, 6.45) is 4.66. The highest BCUT2D eigenvalue weighted by Gasteiger charge is 2.10. The summed E-state index contributed by atoms with van der Waals surface area (Å²) in [6, 6.07) is 12.1. The molecule has 0 aliphatic rings. The predicted molar refractivity (Wildman–Crippen MR) is 107 cm³/mol. The molecule has 4 N–H and O–H groups in total. The molecule has 2 aromatic heterocycles. The lowest BCUT2D eigenvalue weighted by Gasteiger charge is -2.12. The number of halogens is 1. The van der Waals surface area contributed by atoms with Crippen LogP contribution in [-0.2, 0) is 0 Å². The van der Waals surface area contributed by atoms with E-state index in [0.29, 0.717) is 27.8 Å². The van der Waals surface area contributed by atoms with Gasteiger partial charge in [0, 0.05) is 23.1 Å². The number of benzene rings is 1. The van der Waals surface area contributed by atoms with Gasteiger partial charge in [-0.3, -0.25) is 9.78 Å². The number of amides is 1. The zero-order valence-electron chi connectivity index (χ0n) is 14.5. The second-order valence-corrected chi connectivity index (χ2v) is 5.42. The SMILES string of the molecule is CC.Nc1ccc(C(=O)Nc2ccncc2Nc2ccc(Cl)cc2)cn1. The van der Waals surface area contributed by atoms with Crippen molar-refractivity contribution in [3.63, 3.8) is 0 Å². The number of pyridine rings is 2. The fraction of sp³-hybridized carbons (Fsp3) is 0.105. The molecule has 0 aliphatic carbocycles. The summed E-state index contributed by atoms with van der Waals surface area (Å²) in [6.45, 7) is 4.00. The number of aromatic nitrogens is 2. The summed E-state index contributed by atoms with van der Waals surface area (Å²) in [5, 5.41) is 6.67. The van der Waals surface area contributed by atoms with Crippen LogP contribution >= 0.6 is 11.6 Å². The van der Waals surface area contributed by atoms with E-state index in [1.165, 1.54) is 6.20 Å². The van der Waals surface area contributed by atoms with Crippen LogP contribution in [0, 0.1) is 0 Å². The summed E-state index contributed by atoms with van der Waals surface area (Å²) >= 11 is 5.88. The van der Waals surface area contributed by atoms with Gasteiger partial charge in [-0.15, -0.1) is 0 Å². The van der Waals surface area contributed by atoms with Crippen molar-refractivity contribution in [3.05, 3.63) is 71.6 Å². The monoisotopic (exact) mass is 369 g/mol. The van der Waals surface area contributed by atoms with Gasteiger partial charge in [0.2, 0.25) is 0 Å². The minimum absolute atomic E-state index is 0.284. The van der Waals surface area contributed by atoms with Crippen molar-refractivity contribution in [1.82, 2.24) is 9.97 Å². The van der Waals surface area contributed by atoms with E-state index in [-0.39, 0.29) is 5.91 Å². The van der Waals surface area contributed by atoms with Crippen molar-refractivity contribution < 1.29 is 4.79 Å². The molecule has 0 saturated heterocycles. The molecule has 0 aliphatic heterocycles. The second kappa shape index (κ2) is 9.39. The van der Waals surface area contributed by atoms with Crippen LogP contribution in [0.2, 0.25) is 5.02 Å². The molecule has 0 spiro atoms. The molecule has 3 rings (SSSR count). The van der Waals surface area contributed by atoms with Crippen LogP contribution in [-0.4, -0.2) is 15.9 Å². The van der Waals surface area contributed by atoms with Crippen molar-refractivity contribution in [1.29, 1.82) is 0 Å². The number of carbonyl (C=O) groups is 1. The average molecular weight is 370 g/mol. The number of nitrogens with zero attached hydrogens (tertiary/aromatic N) is 2. The molecule has 134 valence electrons. The second-order valence-electron chi connectivity index (χ2n) is 4.98. The average Bonchev–Trinajstić information content (AvgIpc) is 2.67. The van der Waals surface area contributed by atoms with E-state index in [2.05, 4.69) is 20.6 Å². The number of anilines is 4. The molecule has 6 nitrogen and oxygen atoms in total. The maximum atomic E-state index is 12.3. The van der Waals surface area contributed by atoms with Crippen LogP contribution in [0.4, 0.5) is 22.9 Å². The smallest absolute Gasteiger partial charge is 0.257 e. The Morgan fingerprint density at radius 2 is 1.73 bits per heavy atom. The van der Waals surface area contributed by atoms with Crippen LogP contribution in [0.15, 0.2) is 61.1 Å². The quantitative estimate of drug-likeness (QED) is 0.618. The topological polar surface area (TPSA) is 92.9 Å². The normalized spacial score (nSPS) is 9.65. The van der Waals surface area contributed by atoms with E-state index in [0.717, 1.165) is 5.69 Å². The Hall–Kier alpha value is -3.12. The minimum atomic E-state index is -0.284. The summed E-state index contributed by atoms with van der Waals surface area (Å²) < 4.78 is 0. The molecular formula is C19H20ClN5O. The third-order valence-electron chi connectivity index (χ3n) is 3.24. The van der Waals surface area contributed by atoms with Crippen molar-refractivity contribution in [2.75, 3.05) is 16.4 Å². The summed E-state index contributed by atoms with van der Waals surface area (Å²) in [5.74, 6) is 0.0772. The molecule has 0 atom stereocenters. The van der Waals surface area contributed by atoms with Gasteiger partial charge in [-0.2, -0.15) is 0 Å². The molecule has 3 aromatic rings. The summed E-state index contributed by atoms with van der Waals surface area (Å²) in [7, 11) is 0. The summed E-state index contributed by atoms with van der Waals surface area (Å²) in [4.78, 5) is 20.3. The Morgan fingerprint density at radius 1 is 1.00 bits per heavy atom. The summed E-state index contributed by atoms with van der Waals surface area (Å²) in [5.41, 5.74) is 8.04. The number of carbonyl (C=O) groups excluding carboxylic acids is 1. The molecule has 0 radical (unpaired) electrons. The van der Waals surface area contributed by atoms with E-state index < -0.39 is 0 Å². The highest BCUT2D eigenvalue weighted by Crippen LogP contribution is 2.25. The molecule has 0 unspecified atom stereocenters. The standard InChI is InChI=1S/C17H14ClN5O.C2H6/c18-12-2-4-13(5-3-12)22-15-10-20-8-7-14(15)23-17(24)11-1-6-16(19)21-9-11;1-2/h1-10,22H,(H2,19,21)(H,20,23,24);1-2H3. The van der Waals surface area contributed by atoms with Crippen molar-refractivity contribution in [2.24, 2.45) is 0 Å². The Morgan fingerprint density at radius 3 is 2.38 bits per heavy atom. The maximum absolute atomic E-state index is 12.3. The van der Waals surface area contributed by atoms with Gasteiger partial charge in [0.15, 0.2) is 0 Å². The zero-order chi connectivity index (χ0) is 18.9. The van der Waals surface area contributed by atoms with E-state index in [4.69, 9.17) is 17.3 Å². The van der Waals surface area contributed by atoms with Crippen molar-refractivity contribution in [2.45, 2.75) is 13.8 Å². The first-order valence-electron chi connectivity index (χ1n) is 8.11. The molecule has 26 heavy (non-hydrogen) atoms. The van der Waals surface area contributed by atoms with Crippen LogP contribution in [0.1, 0.15) is 24.2 Å². The number of nitrogen functional groups attached to an aromatic ring is 1. The van der Waals surface area contributed by atoms with Crippen molar-refractivity contribution in [3.8, 4) is 0 Å². The first-order chi connectivity index (χ1) is 12.6. The number of nitrogens with two attached hydrogens (primary N) is 1. The molecule has 7 heteroatoms. The van der Waals surface area contributed by atoms with Crippen LogP contribution < -0.4 is 16.4 Å². The molecule has 0 bridgehead atoms. The highest BCUT2D eigenvalue weighted by atomic mass is 35.5. The molecule has 0 saturated carbocycles. The molecule has 1 amide bonds. The number of hydrogen-bond acceptors (Lipinski definition) is 5. The van der Waals surface area contributed by atoms with Gasteiger partial charge in [-0.05, 0) is 42.5 Å². The van der Waals surface area contributed by atoms with Gasteiger partial charge in [-0.1, -0.05) is 25.4 Å². The van der Waals surface area contributed by atoms with Gasteiger partial charge in [-0.25, -0.2) is 4.98 Å². The third kappa shape index (κ3) is 5.19. The maximum Gasteiger partial charge on any atom is 0.257 e. The molecular weight excluding hydrogens is 350 g/mol.